The molecular weight excluding hydrogens is 686 g/mol. The van der Waals surface area contributed by atoms with Crippen LogP contribution in [0, 0.1) is 18.5 Å². The second kappa shape index (κ2) is 10.2. The van der Waals surface area contributed by atoms with Crippen LogP contribution in [-0.2, 0) is 0 Å². The predicted octanol–water partition coefficient (Wildman–Crippen LogP) is 7.37. The summed E-state index contributed by atoms with van der Waals surface area (Å²) in [6.07, 6.45) is 2.92. The van der Waals surface area contributed by atoms with E-state index in [9.17, 15) is 14.9 Å². The highest BCUT2D eigenvalue weighted by atomic mass is 127. The molecule has 0 aliphatic carbocycles. The molecule has 3 heterocycles. The zero-order valence-corrected chi connectivity index (χ0v) is 22.6. The number of nitriles is 1. The standard InChI is InChI=1S/C27H14I2N2O5/c28-19-9-3-1-7-16(19)25(32)31(26(33)17-8-2-4-10-20(17)29)27-18(15-30)23(21-11-5-13-34-21)24(36-27)22-12-6-14-35-22/h1-14H. The van der Waals surface area contributed by atoms with Crippen LogP contribution in [0.4, 0.5) is 5.88 Å². The molecule has 2 aromatic carbocycles. The van der Waals surface area contributed by atoms with Gasteiger partial charge in [0, 0.05) is 7.14 Å². The molecule has 5 aromatic rings. The molecule has 0 radical (unpaired) electrons. The van der Waals surface area contributed by atoms with Gasteiger partial charge in [-0.05, 0) is 93.7 Å². The SMILES string of the molecule is N#Cc1c(N(C(=O)c2ccccc2I)C(=O)c2ccccc2I)oc(-c2ccco2)c1-c1ccco1. The van der Waals surface area contributed by atoms with E-state index in [-0.39, 0.29) is 33.9 Å². The number of nitrogens with zero attached hydrogens (tertiary/aromatic N) is 2. The van der Waals surface area contributed by atoms with Crippen molar-refractivity contribution in [3.05, 3.63) is 109 Å². The number of anilines is 1. The Bertz CT molecular complexity index is 1550. The molecular formula is C27H14I2N2O5. The third-order valence-electron chi connectivity index (χ3n) is 5.33. The molecule has 0 spiro atoms. The van der Waals surface area contributed by atoms with E-state index in [0.29, 0.717) is 18.7 Å². The number of benzene rings is 2. The molecule has 36 heavy (non-hydrogen) atoms. The Labute approximate surface area is 232 Å². The van der Waals surface area contributed by atoms with E-state index >= 15 is 0 Å². The van der Waals surface area contributed by atoms with E-state index < -0.39 is 11.8 Å². The van der Waals surface area contributed by atoms with E-state index in [0.717, 1.165) is 4.90 Å². The van der Waals surface area contributed by atoms with Crippen LogP contribution in [0.2, 0.25) is 0 Å². The number of furan rings is 3. The van der Waals surface area contributed by atoms with Gasteiger partial charge in [-0.3, -0.25) is 9.59 Å². The Morgan fingerprint density at radius 3 is 1.75 bits per heavy atom. The Kier molecular flexibility index (Phi) is 6.80. The molecule has 5 rings (SSSR count). The van der Waals surface area contributed by atoms with Crippen LogP contribution >= 0.6 is 45.2 Å². The van der Waals surface area contributed by atoms with Gasteiger partial charge < -0.3 is 13.3 Å². The van der Waals surface area contributed by atoms with Gasteiger partial charge in [-0.25, -0.2) is 4.90 Å². The summed E-state index contributed by atoms with van der Waals surface area (Å²) >= 11 is 4.07. The normalized spacial score (nSPS) is 10.7. The maximum Gasteiger partial charge on any atom is 0.268 e. The van der Waals surface area contributed by atoms with Crippen molar-refractivity contribution in [3.8, 4) is 28.9 Å². The van der Waals surface area contributed by atoms with Gasteiger partial charge in [0.25, 0.3) is 11.8 Å². The lowest BCUT2D eigenvalue weighted by Crippen LogP contribution is -2.38. The molecule has 0 fully saturated rings. The van der Waals surface area contributed by atoms with Gasteiger partial charge in [-0.1, -0.05) is 24.3 Å². The quantitative estimate of drug-likeness (QED) is 0.140. The Hall–Kier alpha value is -3.63. The molecule has 0 unspecified atom stereocenters. The van der Waals surface area contributed by atoms with E-state index in [2.05, 4.69) is 6.07 Å². The number of carbonyl (C=O) groups excluding carboxylic acids is 2. The summed E-state index contributed by atoms with van der Waals surface area (Å²) in [5.41, 5.74) is 0.826. The smallest absolute Gasteiger partial charge is 0.268 e. The predicted molar refractivity (Wildman–Crippen MR) is 148 cm³/mol. The molecule has 0 bridgehead atoms. The van der Waals surface area contributed by atoms with Crippen molar-refractivity contribution >= 4 is 62.9 Å². The third kappa shape index (κ3) is 4.27. The van der Waals surface area contributed by atoms with Gasteiger partial charge >= 0.3 is 0 Å². The van der Waals surface area contributed by atoms with E-state index in [1.807, 2.05) is 45.2 Å². The molecule has 176 valence electrons. The summed E-state index contributed by atoms with van der Waals surface area (Å²) in [6.45, 7) is 0. The maximum absolute atomic E-state index is 13.9. The molecule has 0 N–H and O–H groups in total. The third-order valence-corrected chi connectivity index (χ3v) is 7.21. The van der Waals surface area contributed by atoms with Crippen LogP contribution < -0.4 is 4.90 Å². The average Bonchev–Trinajstić information content (AvgIpc) is 3.65. The number of imide groups is 1. The van der Waals surface area contributed by atoms with Gasteiger partial charge in [0.05, 0.1) is 29.2 Å². The summed E-state index contributed by atoms with van der Waals surface area (Å²) in [4.78, 5) is 28.8. The summed E-state index contributed by atoms with van der Waals surface area (Å²) in [7, 11) is 0. The van der Waals surface area contributed by atoms with Crippen molar-refractivity contribution < 1.29 is 22.8 Å². The minimum Gasteiger partial charge on any atom is -0.464 e. The summed E-state index contributed by atoms with van der Waals surface area (Å²) in [5.74, 6) is -0.676. The molecule has 0 aliphatic rings. The van der Waals surface area contributed by atoms with Crippen molar-refractivity contribution in [1.29, 1.82) is 5.26 Å². The average molecular weight is 700 g/mol. The van der Waals surface area contributed by atoms with Crippen molar-refractivity contribution in [2.75, 3.05) is 4.90 Å². The number of carbonyl (C=O) groups is 2. The molecule has 0 saturated heterocycles. The first-order valence-corrected chi connectivity index (χ1v) is 12.7. The first kappa shape index (κ1) is 24.1. The van der Waals surface area contributed by atoms with Gasteiger partial charge in [0.2, 0.25) is 5.88 Å². The van der Waals surface area contributed by atoms with E-state index in [1.165, 1.54) is 12.5 Å². The first-order valence-electron chi connectivity index (χ1n) is 10.5. The van der Waals surface area contributed by atoms with E-state index in [1.54, 1.807) is 72.8 Å². The first-order chi connectivity index (χ1) is 17.5. The number of hydrogen-bond donors (Lipinski definition) is 0. The molecule has 3 aromatic heterocycles. The number of halogens is 2. The van der Waals surface area contributed by atoms with Crippen molar-refractivity contribution in [3.63, 3.8) is 0 Å². The summed E-state index contributed by atoms with van der Waals surface area (Å²) in [6, 6.07) is 22.5. The lowest BCUT2D eigenvalue weighted by Gasteiger charge is -2.20. The van der Waals surface area contributed by atoms with Crippen LogP contribution in [0.25, 0.3) is 22.8 Å². The lowest BCUT2D eigenvalue weighted by molar-refractivity contribution is 0.0890. The van der Waals surface area contributed by atoms with Crippen LogP contribution in [-0.4, -0.2) is 11.8 Å². The van der Waals surface area contributed by atoms with Crippen molar-refractivity contribution in [2.45, 2.75) is 0 Å². The van der Waals surface area contributed by atoms with Gasteiger partial charge in [-0.2, -0.15) is 5.26 Å². The highest BCUT2D eigenvalue weighted by Gasteiger charge is 2.37. The van der Waals surface area contributed by atoms with Crippen LogP contribution in [0.5, 0.6) is 0 Å². The maximum atomic E-state index is 13.9. The summed E-state index contributed by atoms with van der Waals surface area (Å²) < 4.78 is 18.5. The van der Waals surface area contributed by atoms with Crippen molar-refractivity contribution in [1.82, 2.24) is 0 Å². The molecule has 7 nitrogen and oxygen atoms in total. The van der Waals surface area contributed by atoms with Crippen LogP contribution in [0.3, 0.4) is 0 Å². The molecule has 0 atom stereocenters. The fourth-order valence-electron chi connectivity index (χ4n) is 3.70. The number of amides is 2. The minimum absolute atomic E-state index is 0.0325. The molecule has 0 aliphatic heterocycles. The fourth-order valence-corrected chi connectivity index (χ4v) is 4.94. The zero-order valence-electron chi connectivity index (χ0n) is 18.3. The highest BCUT2D eigenvalue weighted by molar-refractivity contribution is 14.1. The topological polar surface area (TPSA) is 101 Å². The number of rotatable bonds is 5. The lowest BCUT2D eigenvalue weighted by atomic mass is 10.1. The minimum atomic E-state index is -0.633. The zero-order chi connectivity index (χ0) is 25.2. The second-order valence-electron chi connectivity index (χ2n) is 7.46. The van der Waals surface area contributed by atoms with Gasteiger partial charge in [0.1, 0.15) is 17.4 Å². The van der Waals surface area contributed by atoms with Crippen LogP contribution in [0.1, 0.15) is 26.3 Å². The van der Waals surface area contributed by atoms with E-state index in [4.69, 9.17) is 13.3 Å². The van der Waals surface area contributed by atoms with Crippen molar-refractivity contribution in [2.24, 2.45) is 0 Å². The monoisotopic (exact) mass is 700 g/mol. The summed E-state index contributed by atoms with van der Waals surface area (Å²) in [5, 5.41) is 10.2. The second-order valence-corrected chi connectivity index (χ2v) is 9.78. The Morgan fingerprint density at radius 2 is 1.28 bits per heavy atom. The van der Waals surface area contributed by atoms with Gasteiger partial charge in [-0.15, -0.1) is 0 Å². The molecule has 2 amide bonds. The number of hydrogen-bond acceptors (Lipinski definition) is 6. The van der Waals surface area contributed by atoms with Gasteiger partial charge in [0.15, 0.2) is 11.5 Å². The Morgan fingerprint density at radius 1 is 0.750 bits per heavy atom. The molecule has 0 saturated carbocycles. The highest BCUT2D eigenvalue weighted by Crippen LogP contribution is 2.44. The Balaban J connectivity index is 1.79. The molecule has 9 heteroatoms. The van der Waals surface area contributed by atoms with Crippen LogP contribution in [0.15, 0.2) is 98.6 Å². The fraction of sp³-hybridized carbons (Fsp3) is 0. The largest absolute Gasteiger partial charge is 0.464 e.